The quantitative estimate of drug-likeness (QED) is 0.201. The van der Waals surface area contributed by atoms with Gasteiger partial charge in [0.15, 0.2) is 0 Å². The molecule has 7 heteroatoms. The van der Waals surface area contributed by atoms with Gasteiger partial charge in [-0.3, -0.25) is 10.1 Å². The number of hydrogen-bond acceptors (Lipinski definition) is 5. The number of benzene rings is 1. The van der Waals surface area contributed by atoms with Crippen molar-refractivity contribution >= 4 is 33.6 Å². The van der Waals surface area contributed by atoms with Gasteiger partial charge in [0.25, 0.3) is 5.69 Å². The molecule has 0 aliphatic rings. The van der Waals surface area contributed by atoms with Gasteiger partial charge in [0, 0.05) is 22.5 Å². The Hall–Kier alpha value is -2.02. The van der Waals surface area contributed by atoms with Gasteiger partial charge in [0.2, 0.25) is 0 Å². The van der Waals surface area contributed by atoms with E-state index in [1.54, 1.807) is 20.8 Å². The predicted octanol–water partition coefficient (Wildman–Crippen LogP) is 3.78. The fourth-order valence-corrected chi connectivity index (χ4v) is 1.96. The Labute approximate surface area is 136 Å². The Bertz CT molecular complexity index is 646. The zero-order valence-corrected chi connectivity index (χ0v) is 14.1. The molecule has 0 bridgehead atoms. The van der Waals surface area contributed by atoms with E-state index in [0.717, 1.165) is 6.07 Å². The van der Waals surface area contributed by atoms with Crippen LogP contribution in [-0.2, 0) is 14.9 Å². The van der Waals surface area contributed by atoms with Crippen molar-refractivity contribution in [2.45, 2.75) is 26.1 Å². The molecule has 0 N–H and O–H groups in total. The zero-order chi connectivity index (χ0) is 17.1. The van der Waals surface area contributed by atoms with Crippen LogP contribution in [-0.4, -0.2) is 16.9 Å². The van der Waals surface area contributed by atoms with Gasteiger partial charge in [-0.15, -0.1) is 0 Å². The van der Waals surface area contributed by atoms with Crippen molar-refractivity contribution in [1.82, 2.24) is 0 Å². The number of halogens is 1. The van der Waals surface area contributed by atoms with Crippen LogP contribution in [0.5, 0.6) is 0 Å². The summed E-state index contributed by atoms with van der Waals surface area (Å²) in [6.07, 6.45) is 0. The summed E-state index contributed by atoms with van der Waals surface area (Å²) in [6, 6.07) is 3.90. The summed E-state index contributed by atoms with van der Waals surface area (Å²) < 4.78 is 4.72. The van der Waals surface area contributed by atoms with E-state index in [0.29, 0.717) is 5.56 Å². The summed E-state index contributed by atoms with van der Waals surface area (Å²) >= 11 is 3.13. The van der Waals surface area contributed by atoms with Crippen LogP contribution in [0.1, 0.15) is 36.7 Å². The maximum atomic E-state index is 11.9. The van der Waals surface area contributed by atoms with Crippen LogP contribution in [0.25, 0.3) is 0 Å². The highest BCUT2D eigenvalue weighted by Gasteiger charge is 2.26. The number of carbonyl (C=O) groups excluding carboxylic acids is 2. The SMILES string of the molecule is C=C(C(=O)OC(=O)c1ccc(CBr)c([N+](=O)[O-])c1)C(C)(C)C. The van der Waals surface area contributed by atoms with Crippen molar-refractivity contribution in [3.05, 3.63) is 51.6 Å². The molecule has 1 aromatic carbocycles. The van der Waals surface area contributed by atoms with E-state index in [-0.39, 0.29) is 22.2 Å². The van der Waals surface area contributed by atoms with E-state index in [9.17, 15) is 19.7 Å². The van der Waals surface area contributed by atoms with Gasteiger partial charge in [-0.25, -0.2) is 9.59 Å². The molecule has 0 atom stereocenters. The summed E-state index contributed by atoms with van der Waals surface area (Å²) in [5.41, 5.74) is -0.248. The topological polar surface area (TPSA) is 86.5 Å². The standard InChI is InChI=1S/C15H16BrNO5/c1-9(15(2,3)4)13(18)22-14(19)10-5-6-11(8-16)12(7-10)17(20)21/h5-7H,1,8H2,2-4H3. The fourth-order valence-electron chi connectivity index (χ4n) is 1.48. The van der Waals surface area contributed by atoms with Crippen molar-refractivity contribution in [3.63, 3.8) is 0 Å². The molecule has 0 aromatic heterocycles. The molecule has 1 aromatic rings. The number of nitro benzene ring substituents is 1. The van der Waals surface area contributed by atoms with Crippen LogP contribution < -0.4 is 0 Å². The Kier molecular flexibility index (Phi) is 5.59. The Morgan fingerprint density at radius 1 is 1.36 bits per heavy atom. The molecule has 0 saturated carbocycles. The van der Waals surface area contributed by atoms with E-state index >= 15 is 0 Å². The molecule has 118 valence electrons. The first kappa shape index (κ1) is 18.0. The summed E-state index contributed by atoms with van der Waals surface area (Å²) in [7, 11) is 0. The van der Waals surface area contributed by atoms with Gasteiger partial charge in [-0.1, -0.05) is 49.3 Å². The minimum absolute atomic E-state index is 0.0635. The zero-order valence-electron chi connectivity index (χ0n) is 12.5. The normalized spacial score (nSPS) is 10.9. The number of rotatable bonds is 4. The summed E-state index contributed by atoms with van der Waals surface area (Å²) in [5.74, 6) is -1.79. The maximum absolute atomic E-state index is 11.9. The summed E-state index contributed by atoms with van der Waals surface area (Å²) in [5, 5.41) is 11.2. The maximum Gasteiger partial charge on any atom is 0.346 e. The Balaban J connectivity index is 3.00. The van der Waals surface area contributed by atoms with Crippen LogP contribution in [0, 0.1) is 15.5 Å². The molecule has 0 aliphatic heterocycles. The monoisotopic (exact) mass is 369 g/mol. The molecule has 0 heterocycles. The van der Waals surface area contributed by atoms with E-state index in [4.69, 9.17) is 4.74 Å². The van der Waals surface area contributed by atoms with Crippen LogP contribution in [0.4, 0.5) is 5.69 Å². The third-order valence-electron chi connectivity index (χ3n) is 3.00. The second kappa shape index (κ2) is 6.83. The van der Waals surface area contributed by atoms with Gasteiger partial charge >= 0.3 is 11.9 Å². The number of carbonyl (C=O) groups is 2. The van der Waals surface area contributed by atoms with E-state index < -0.39 is 22.3 Å². The van der Waals surface area contributed by atoms with Crippen molar-refractivity contribution in [1.29, 1.82) is 0 Å². The average Bonchev–Trinajstić information content (AvgIpc) is 2.44. The molecule has 0 fully saturated rings. The van der Waals surface area contributed by atoms with Gasteiger partial charge in [0.1, 0.15) is 0 Å². The Morgan fingerprint density at radius 3 is 2.41 bits per heavy atom. The number of hydrogen-bond donors (Lipinski definition) is 0. The number of nitro groups is 1. The van der Waals surface area contributed by atoms with Crippen molar-refractivity contribution < 1.29 is 19.2 Å². The molecule has 0 radical (unpaired) electrons. The van der Waals surface area contributed by atoms with Crippen molar-refractivity contribution in [3.8, 4) is 0 Å². The van der Waals surface area contributed by atoms with Gasteiger partial charge in [0.05, 0.1) is 10.5 Å². The molecule has 1 rings (SSSR count). The first-order valence-electron chi connectivity index (χ1n) is 6.37. The van der Waals surface area contributed by atoms with E-state index in [2.05, 4.69) is 22.5 Å². The minimum Gasteiger partial charge on any atom is -0.386 e. The molecular weight excluding hydrogens is 354 g/mol. The van der Waals surface area contributed by atoms with Crippen molar-refractivity contribution in [2.24, 2.45) is 5.41 Å². The molecule has 0 aliphatic carbocycles. The lowest BCUT2D eigenvalue weighted by Crippen LogP contribution is -2.22. The Morgan fingerprint density at radius 2 is 1.95 bits per heavy atom. The molecular formula is C15H16BrNO5. The summed E-state index contributed by atoms with van der Waals surface area (Å²) in [4.78, 5) is 34.1. The summed E-state index contributed by atoms with van der Waals surface area (Å²) in [6.45, 7) is 8.89. The smallest absolute Gasteiger partial charge is 0.346 e. The van der Waals surface area contributed by atoms with Crippen molar-refractivity contribution in [2.75, 3.05) is 0 Å². The molecule has 0 spiro atoms. The first-order chi connectivity index (χ1) is 10.1. The highest BCUT2D eigenvalue weighted by Crippen LogP contribution is 2.26. The lowest BCUT2D eigenvalue weighted by atomic mass is 9.88. The first-order valence-corrected chi connectivity index (χ1v) is 7.49. The number of nitrogens with zero attached hydrogens (tertiary/aromatic N) is 1. The molecule has 0 amide bonds. The van der Waals surface area contributed by atoms with Crippen LogP contribution in [0.15, 0.2) is 30.4 Å². The van der Waals surface area contributed by atoms with E-state index in [1.165, 1.54) is 12.1 Å². The van der Waals surface area contributed by atoms with Gasteiger partial charge < -0.3 is 4.74 Å². The number of ether oxygens (including phenoxy) is 1. The van der Waals surface area contributed by atoms with Crippen LogP contribution in [0.3, 0.4) is 0 Å². The second-order valence-electron chi connectivity index (χ2n) is 5.64. The lowest BCUT2D eigenvalue weighted by Gasteiger charge is -2.19. The molecule has 6 nitrogen and oxygen atoms in total. The third kappa shape index (κ3) is 4.24. The van der Waals surface area contributed by atoms with Gasteiger partial charge in [-0.05, 0) is 11.5 Å². The lowest BCUT2D eigenvalue weighted by molar-refractivity contribution is -0.385. The van der Waals surface area contributed by atoms with Crippen LogP contribution in [0.2, 0.25) is 0 Å². The second-order valence-corrected chi connectivity index (χ2v) is 6.20. The highest BCUT2D eigenvalue weighted by atomic mass is 79.9. The third-order valence-corrected chi connectivity index (χ3v) is 3.60. The number of esters is 2. The molecule has 0 saturated heterocycles. The number of alkyl halides is 1. The van der Waals surface area contributed by atoms with E-state index in [1.807, 2.05) is 0 Å². The largest absolute Gasteiger partial charge is 0.386 e. The van der Waals surface area contributed by atoms with Gasteiger partial charge in [-0.2, -0.15) is 0 Å². The minimum atomic E-state index is -0.945. The average molecular weight is 370 g/mol. The molecule has 22 heavy (non-hydrogen) atoms. The fraction of sp³-hybridized carbons (Fsp3) is 0.333. The predicted molar refractivity (Wildman–Crippen MR) is 84.7 cm³/mol. The highest BCUT2D eigenvalue weighted by molar-refractivity contribution is 9.08. The van der Waals surface area contributed by atoms with Crippen LogP contribution >= 0.6 is 15.9 Å². The molecule has 0 unspecified atom stereocenters.